The molecule has 2 N–H and O–H groups in total. The van der Waals surface area contributed by atoms with Gasteiger partial charge >= 0.3 is 0 Å². The number of allylic oxidation sites excluding steroid dienone is 2. The molecule has 0 aromatic carbocycles. The van der Waals surface area contributed by atoms with Gasteiger partial charge in [-0.3, -0.25) is 0 Å². The van der Waals surface area contributed by atoms with Gasteiger partial charge in [0.25, 0.3) is 0 Å². The summed E-state index contributed by atoms with van der Waals surface area (Å²) in [6.45, 7) is 7.77. The lowest BCUT2D eigenvalue weighted by Crippen LogP contribution is -2.03. The van der Waals surface area contributed by atoms with E-state index in [1.807, 2.05) is 0 Å². The van der Waals surface area contributed by atoms with Crippen LogP contribution in [-0.2, 0) is 0 Å². The van der Waals surface area contributed by atoms with Crippen molar-refractivity contribution >= 4 is 0 Å². The molecule has 94 valence electrons. The fourth-order valence-electron chi connectivity index (χ4n) is 1.55. The third-order valence-electron chi connectivity index (χ3n) is 2.32. The number of hydrogen-bond donors (Lipinski definition) is 2. The number of aliphatic hydroxyl groups excluding tert-OH is 2. The van der Waals surface area contributed by atoms with Gasteiger partial charge in [-0.2, -0.15) is 0 Å². The molecule has 0 spiro atoms. The quantitative estimate of drug-likeness (QED) is 0.654. The van der Waals surface area contributed by atoms with Crippen molar-refractivity contribution in [2.75, 3.05) is 0 Å². The van der Waals surface area contributed by atoms with Gasteiger partial charge in [-0.1, -0.05) is 23.3 Å². The van der Waals surface area contributed by atoms with Crippen LogP contribution in [0.4, 0.5) is 0 Å². The summed E-state index contributed by atoms with van der Waals surface area (Å²) in [5.41, 5.74) is 2.57. The fraction of sp³-hybridized carbons (Fsp3) is 0.714. The first-order chi connectivity index (χ1) is 7.41. The lowest BCUT2D eigenvalue weighted by molar-refractivity contribution is 0.190. The smallest absolute Gasteiger partial charge is 0.0549 e. The average Bonchev–Trinajstić information content (AvgIpc) is 2.12. The van der Waals surface area contributed by atoms with Crippen molar-refractivity contribution in [3.63, 3.8) is 0 Å². The number of aliphatic hydroxyl groups is 2. The molecule has 2 unspecified atom stereocenters. The van der Waals surface area contributed by atoms with E-state index in [1.54, 1.807) is 13.8 Å². The predicted molar refractivity (Wildman–Crippen MR) is 69.3 cm³/mol. The average molecular weight is 226 g/mol. The first kappa shape index (κ1) is 15.4. The van der Waals surface area contributed by atoms with E-state index in [4.69, 9.17) is 0 Å². The van der Waals surface area contributed by atoms with Crippen LogP contribution in [0.25, 0.3) is 0 Å². The maximum absolute atomic E-state index is 9.38. The molecule has 0 saturated heterocycles. The molecule has 0 aliphatic heterocycles. The molecule has 2 atom stereocenters. The van der Waals surface area contributed by atoms with Crippen LogP contribution in [0, 0.1) is 0 Å². The zero-order chi connectivity index (χ0) is 12.6. The van der Waals surface area contributed by atoms with Crippen molar-refractivity contribution in [3.05, 3.63) is 23.3 Å². The van der Waals surface area contributed by atoms with Gasteiger partial charge in [0.05, 0.1) is 12.2 Å². The summed E-state index contributed by atoms with van der Waals surface area (Å²) in [6, 6.07) is 0. The third-order valence-corrected chi connectivity index (χ3v) is 2.32. The van der Waals surface area contributed by atoms with E-state index in [2.05, 4.69) is 26.0 Å². The molecular formula is C14H26O2. The van der Waals surface area contributed by atoms with E-state index in [-0.39, 0.29) is 12.2 Å². The zero-order valence-corrected chi connectivity index (χ0v) is 11.0. The molecule has 2 heteroatoms. The van der Waals surface area contributed by atoms with E-state index in [9.17, 15) is 10.2 Å². The summed E-state index contributed by atoms with van der Waals surface area (Å²) >= 11 is 0. The Balaban J connectivity index is 4.20. The van der Waals surface area contributed by atoms with E-state index >= 15 is 0 Å². The minimum Gasteiger partial charge on any atom is -0.393 e. The summed E-state index contributed by atoms with van der Waals surface area (Å²) in [6.07, 6.45) is 7.05. The normalized spacial score (nSPS) is 15.8. The highest BCUT2D eigenvalue weighted by Crippen LogP contribution is 2.15. The first-order valence-electron chi connectivity index (χ1n) is 6.09. The molecule has 0 aliphatic carbocycles. The monoisotopic (exact) mass is 226 g/mol. The molecular weight excluding hydrogens is 200 g/mol. The van der Waals surface area contributed by atoms with E-state index < -0.39 is 0 Å². The topological polar surface area (TPSA) is 40.5 Å². The molecule has 0 aliphatic rings. The second kappa shape index (κ2) is 8.54. The van der Waals surface area contributed by atoms with Crippen LogP contribution in [-0.4, -0.2) is 22.4 Å². The lowest BCUT2D eigenvalue weighted by atomic mass is 10.0. The first-order valence-corrected chi connectivity index (χ1v) is 6.09. The molecule has 0 radical (unpaired) electrons. The SMILES string of the molecule is CC(C)=CCC/C(=C/CC(C)O)CC(C)O. The second-order valence-electron chi connectivity index (χ2n) is 4.82. The van der Waals surface area contributed by atoms with E-state index in [1.165, 1.54) is 11.1 Å². The van der Waals surface area contributed by atoms with Crippen LogP contribution in [0.5, 0.6) is 0 Å². The number of hydrogen-bond acceptors (Lipinski definition) is 2. The van der Waals surface area contributed by atoms with Crippen LogP contribution >= 0.6 is 0 Å². The van der Waals surface area contributed by atoms with Gasteiger partial charge in [0.1, 0.15) is 0 Å². The highest BCUT2D eigenvalue weighted by Gasteiger charge is 2.03. The molecule has 0 fully saturated rings. The van der Waals surface area contributed by atoms with Crippen molar-refractivity contribution in [2.24, 2.45) is 0 Å². The van der Waals surface area contributed by atoms with Gasteiger partial charge in [0.2, 0.25) is 0 Å². The van der Waals surface area contributed by atoms with Gasteiger partial charge in [0.15, 0.2) is 0 Å². The maximum Gasteiger partial charge on any atom is 0.0549 e. The van der Waals surface area contributed by atoms with Crippen molar-refractivity contribution in [2.45, 2.75) is 65.6 Å². The summed E-state index contributed by atoms with van der Waals surface area (Å²) in [4.78, 5) is 0. The largest absolute Gasteiger partial charge is 0.393 e. The molecule has 16 heavy (non-hydrogen) atoms. The zero-order valence-electron chi connectivity index (χ0n) is 11.0. The summed E-state index contributed by atoms with van der Waals surface area (Å²) in [5, 5.41) is 18.6. The summed E-state index contributed by atoms with van der Waals surface area (Å²) in [5.74, 6) is 0. The van der Waals surface area contributed by atoms with Crippen LogP contribution in [0.1, 0.15) is 53.4 Å². The Labute approximate surface area is 99.7 Å². The summed E-state index contributed by atoms with van der Waals surface area (Å²) in [7, 11) is 0. The molecule has 2 nitrogen and oxygen atoms in total. The minimum absolute atomic E-state index is 0.299. The molecule has 0 heterocycles. The van der Waals surface area contributed by atoms with Crippen LogP contribution < -0.4 is 0 Å². The predicted octanol–water partition coefficient (Wildman–Crippen LogP) is 3.20. The number of rotatable bonds is 7. The molecule has 0 saturated carbocycles. The Morgan fingerprint density at radius 3 is 2.12 bits per heavy atom. The third kappa shape index (κ3) is 9.94. The lowest BCUT2D eigenvalue weighted by Gasteiger charge is -2.10. The Hall–Kier alpha value is -0.600. The van der Waals surface area contributed by atoms with Crippen molar-refractivity contribution in [1.82, 2.24) is 0 Å². The van der Waals surface area contributed by atoms with E-state index in [0.29, 0.717) is 12.8 Å². The Kier molecular flexibility index (Phi) is 8.22. The Bertz CT molecular complexity index is 233. The second-order valence-corrected chi connectivity index (χ2v) is 4.82. The summed E-state index contributed by atoms with van der Waals surface area (Å²) < 4.78 is 0. The van der Waals surface area contributed by atoms with E-state index in [0.717, 1.165) is 12.8 Å². The highest BCUT2D eigenvalue weighted by atomic mass is 16.3. The molecule has 0 rings (SSSR count). The molecule has 0 bridgehead atoms. The van der Waals surface area contributed by atoms with Gasteiger partial charge in [-0.05, 0) is 53.4 Å². The Morgan fingerprint density at radius 1 is 1.06 bits per heavy atom. The van der Waals surface area contributed by atoms with Crippen LogP contribution in [0.2, 0.25) is 0 Å². The standard InChI is InChI=1S/C14H26O2/c1-11(2)6-5-7-14(10-13(4)16)9-8-12(3)15/h6,9,12-13,15-16H,5,7-8,10H2,1-4H3/b14-9-. The van der Waals surface area contributed by atoms with Gasteiger partial charge in [-0.15, -0.1) is 0 Å². The molecule has 0 aromatic rings. The Morgan fingerprint density at radius 2 is 1.69 bits per heavy atom. The van der Waals surface area contributed by atoms with Gasteiger partial charge < -0.3 is 10.2 Å². The molecule has 0 aromatic heterocycles. The fourth-order valence-corrected chi connectivity index (χ4v) is 1.55. The highest BCUT2D eigenvalue weighted by molar-refractivity contribution is 5.06. The molecule has 0 amide bonds. The van der Waals surface area contributed by atoms with Gasteiger partial charge in [0, 0.05) is 0 Å². The van der Waals surface area contributed by atoms with Gasteiger partial charge in [-0.25, -0.2) is 0 Å². The van der Waals surface area contributed by atoms with Crippen molar-refractivity contribution in [1.29, 1.82) is 0 Å². The van der Waals surface area contributed by atoms with Crippen molar-refractivity contribution < 1.29 is 10.2 Å². The maximum atomic E-state index is 9.38. The van der Waals surface area contributed by atoms with Crippen LogP contribution in [0.15, 0.2) is 23.3 Å². The minimum atomic E-state index is -0.299. The van der Waals surface area contributed by atoms with Crippen LogP contribution in [0.3, 0.4) is 0 Å². The van der Waals surface area contributed by atoms with Crippen molar-refractivity contribution in [3.8, 4) is 0 Å².